The molecule has 0 bridgehead atoms. The number of nitrogens with zero attached hydrogens (tertiary/aromatic N) is 3. The number of amides is 2. The smallest absolute Gasteiger partial charge is 0.238 e. The van der Waals surface area contributed by atoms with Crippen molar-refractivity contribution < 1.29 is 22.4 Å². The van der Waals surface area contributed by atoms with Gasteiger partial charge >= 0.3 is 0 Å². The molecule has 0 radical (unpaired) electrons. The van der Waals surface area contributed by atoms with Crippen molar-refractivity contribution in [2.24, 2.45) is 0 Å². The quantitative estimate of drug-likeness (QED) is 0.745. The van der Waals surface area contributed by atoms with Crippen LogP contribution in [0.3, 0.4) is 0 Å². The van der Waals surface area contributed by atoms with Gasteiger partial charge in [-0.25, -0.2) is 12.8 Å². The van der Waals surface area contributed by atoms with Crippen molar-refractivity contribution in [3.63, 3.8) is 0 Å². The van der Waals surface area contributed by atoms with Gasteiger partial charge in [-0.15, -0.1) is 0 Å². The largest absolute Gasteiger partial charge is 0.339 e. The van der Waals surface area contributed by atoms with E-state index >= 15 is 0 Å². The van der Waals surface area contributed by atoms with Gasteiger partial charge in [-0.3, -0.25) is 9.59 Å². The average molecular weight is 371 g/mol. The lowest BCUT2D eigenvalue weighted by Crippen LogP contribution is -2.52. The van der Waals surface area contributed by atoms with Gasteiger partial charge < -0.3 is 9.80 Å². The van der Waals surface area contributed by atoms with Crippen LogP contribution < -0.4 is 0 Å². The molecule has 0 aromatic heterocycles. The van der Waals surface area contributed by atoms with E-state index in [0.717, 1.165) is 10.6 Å². The molecule has 7 nitrogen and oxygen atoms in total. The summed E-state index contributed by atoms with van der Waals surface area (Å²) in [6.45, 7) is 2.47. The Bertz CT molecular complexity index is 746. The fraction of sp³-hybridized carbons (Fsp3) is 0.500. The van der Waals surface area contributed by atoms with Gasteiger partial charge in [-0.2, -0.15) is 4.31 Å². The van der Waals surface area contributed by atoms with Crippen LogP contribution in [-0.4, -0.2) is 73.3 Å². The van der Waals surface area contributed by atoms with Gasteiger partial charge in [0, 0.05) is 45.2 Å². The SMILES string of the molecule is CC(=O)N1CCN(C(=O)CN(Cc2ccccc2F)S(C)(=O)=O)CC1. The highest BCUT2D eigenvalue weighted by Gasteiger charge is 2.27. The Morgan fingerprint density at radius 3 is 2.20 bits per heavy atom. The predicted octanol–water partition coefficient (Wildman–Crippen LogP) is 0.278. The molecule has 0 N–H and O–H groups in total. The summed E-state index contributed by atoms with van der Waals surface area (Å²) >= 11 is 0. The Balaban J connectivity index is 2.04. The lowest BCUT2D eigenvalue weighted by Gasteiger charge is -2.35. The van der Waals surface area contributed by atoms with E-state index in [1.807, 2.05) is 0 Å². The Labute approximate surface area is 147 Å². The number of benzene rings is 1. The standard InChI is InChI=1S/C16H22FN3O4S/c1-13(21)18-7-9-19(10-8-18)16(22)12-20(25(2,23)24)11-14-5-3-4-6-15(14)17/h3-6H,7-12H2,1-2H3. The number of halogens is 1. The van der Waals surface area contributed by atoms with Crippen LogP contribution in [0, 0.1) is 5.82 Å². The van der Waals surface area contributed by atoms with Crippen LogP contribution in [0.2, 0.25) is 0 Å². The molecule has 1 aliphatic heterocycles. The van der Waals surface area contributed by atoms with Crippen LogP contribution in [0.15, 0.2) is 24.3 Å². The maximum absolute atomic E-state index is 13.8. The monoisotopic (exact) mass is 371 g/mol. The van der Waals surface area contributed by atoms with Crippen LogP contribution in [-0.2, 0) is 26.2 Å². The van der Waals surface area contributed by atoms with Gasteiger partial charge in [0.1, 0.15) is 5.82 Å². The van der Waals surface area contributed by atoms with Crippen LogP contribution >= 0.6 is 0 Å². The summed E-state index contributed by atoms with van der Waals surface area (Å²) < 4.78 is 38.7. The van der Waals surface area contributed by atoms with E-state index in [2.05, 4.69) is 0 Å². The highest BCUT2D eigenvalue weighted by molar-refractivity contribution is 7.88. The lowest BCUT2D eigenvalue weighted by atomic mass is 10.2. The third-order valence-corrected chi connectivity index (χ3v) is 5.36. The Morgan fingerprint density at radius 1 is 1.12 bits per heavy atom. The number of carbonyl (C=O) groups excluding carboxylic acids is 2. The summed E-state index contributed by atoms with van der Waals surface area (Å²) in [7, 11) is -3.68. The topological polar surface area (TPSA) is 78.0 Å². The Morgan fingerprint density at radius 2 is 1.68 bits per heavy atom. The molecule has 0 saturated carbocycles. The number of rotatable bonds is 5. The van der Waals surface area contributed by atoms with Gasteiger partial charge in [0.2, 0.25) is 21.8 Å². The van der Waals surface area contributed by atoms with Crippen molar-refractivity contribution in [1.29, 1.82) is 0 Å². The normalized spacial score (nSPS) is 15.5. The molecule has 2 amide bonds. The molecule has 0 atom stereocenters. The van der Waals surface area contributed by atoms with Crippen LogP contribution in [0.4, 0.5) is 4.39 Å². The fourth-order valence-corrected chi connectivity index (χ4v) is 3.35. The summed E-state index contributed by atoms with van der Waals surface area (Å²) in [4.78, 5) is 26.9. The minimum Gasteiger partial charge on any atom is -0.339 e. The third-order valence-electron chi connectivity index (χ3n) is 4.16. The summed E-state index contributed by atoms with van der Waals surface area (Å²) in [6.07, 6.45) is 0.995. The second-order valence-electron chi connectivity index (χ2n) is 6.01. The molecule has 1 aromatic carbocycles. The number of sulfonamides is 1. The van der Waals surface area contributed by atoms with E-state index in [9.17, 15) is 22.4 Å². The number of hydrogen-bond acceptors (Lipinski definition) is 4. The van der Waals surface area contributed by atoms with E-state index in [1.165, 1.54) is 30.0 Å². The molecule has 0 aliphatic carbocycles. The first kappa shape index (κ1) is 19.3. The Kier molecular flexibility index (Phi) is 6.12. The van der Waals surface area contributed by atoms with Crippen molar-refractivity contribution in [2.75, 3.05) is 39.0 Å². The Hall–Kier alpha value is -2.00. The van der Waals surface area contributed by atoms with Crippen molar-refractivity contribution in [1.82, 2.24) is 14.1 Å². The van der Waals surface area contributed by atoms with Crippen molar-refractivity contribution in [2.45, 2.75) is 13.5 Å². The van der Waals surface area contributed by atoms with E-state index in [-0.39, 0.29) is 30.5 Å². The zero-order valence-electron chi connectivity index (χ0n) is 14.3. The predicted molar refractivity (Wildman–Crippen MR) is 90.5 cm³/mol. The van der Waals surface area contributed by atoms with E-state index in [1.54, 1.807) is 11.0 Å². The first-order valence-corrected chi connectivity index (χ1v) is 9.75. The average Bonchev–Trinajstić information content (AvgIpc) is 2.55. The minimum atomic E-state index is -3.68. The molecule has 0 unspecified atom stereocenters. The van der Waals surface area contributed by atoms with Crippen molar-refractivity contribution in [3.8, 4) is 0 Å². The number of carbonyl (C=O) groups is 2. The van der Waals surface area contributed by atoms with Crippen LogP contribution in [0.25, 0.3) is 0 Å². The molecule has 2 rings (SSSR count). The van der Waals surface area contributed by atoms with Crippen molar-refractivity contribution >= 4 is 21.8 Å². The maximum atomic E-state index is 13.8. The molecule has 138 valence electrons. The second kappa shape index (κ2) is 7.92. The summed E-state index contributed by atoms with van der Waals surface area (Å²) in [5.41, 5.74) is 0.210. The van der Waals surface area contributed by atoms with Gasteiger partial charge in [0.05, 0.1) is 12.8 Å². The molecule has 1 aliphatic rings. The molecule has 1 fully saturated rings. The third kappa shape index (κ3) is 5.23. The molecule has 9 heteroatoms. The minimum absolute atomic E-state index is 0.0515. The number of piperazine rings is 1. The highest BCUT2D eigenvalue weighted by atomic mass is 32.2. The molecule has 1 heterocycles. The summed E-state index contributed by atoms with van der Waals surface area (Å²) in [5.74, 6) is -0.923. The van der Waals surface area contributed by atoms with Crippen LogP contribution in [0.5, 0.6) is 0 Å². The first-order valence-electron chi connectivity index (χ1n) is 7.90. The van der Waals surface area contributed by atoms with Crippen LogP contribution in [0.1, 0.15) is 12.5 Å². The summed E-state index contributed by atoms with van der Waals surface area (Å²) in [6, 6.07) is 5.87. The second-order valence-corrected chi connectivity index (χ2v) is 7.99. The van der Waals surface area contributed by atoms with Gasteiger partial charge in [-0.05, 0) is 6.07 Å². The van der Waals surface area contributed by atoms with Gasteiger partial charge in [0.25, 0.3) is 0 Å². The summed E-state index contributed by atoms with van der Waals surface area (Å²) in [5, 5.41) is 0. The fourth-order valence-electron chi connectivity index (χ4n) is 2.63. The van der Waals surface area contributed by atoms with E-state index in [0.29, 0.717) is 26.2 Å². The molecule has 25 heavy (non-hydrogen) atoms. The molecule has 1 saturated heterocycles. The molecular formula is C16H22FN3O4S. The lowest BCUT2D eigenvalue weighted by molar-refractivity contribution is -0.138. The number of hydrogen-bond donors (Lipinski definition) is 0. The molecule has 1 aromatic rings. The van der Waals surface area contributed by atoms with E-state index in [4.69, 9.17) is 0 Å². The highest BCUT2D eigenvalue weighted by Crippen LogP contribution is 2.13. The zero-order chi connectivity index (χ0) is 18.6. The van der Waals surface area contributed by atoms with Gasteiger partial charge in [-0.1, -0.05) is 18.2 Å². The van der Waals surface area contributed by atoms with Gasteiger partial charge in [0.15, 0.2) is 0 Å². The zero-order valence-corrected chi connectivity index (χ0v) is 15.1. The molecular weight excluding hydrogens is 349 g/mol. The van der Waals surface area contributed by atoms with E-state index < -0.39 is 15.8 Å². The van der Waals surface area contributed by atoms with Crippen molar-refractivity contribution in [3.05, 3.63) is 35.6 Å². The molecule has 0 spiro atoms. The maximum Gasteiger partial charge on any atom is 0.238 e. The first-order chi connectivity index (χ1) is 11.7.